The molecule has 0 saturated heterocycles. The van der Waals surface area contributed by atoms with Crippen molar-refractivity contribution in [1.82, 2.24) is 5.32 Å². The number of nitrogens with one attached hydrogen (secondary N) is 1. The third-order valence-electron chi connectivity index (χ3n) is 3.67. The van der Waals surface area contributed by atoms with Crippen molar-refractivity contribution in [2.24, 2.45) is 0 Å². The molecule has 0 heterocycles. The van der Waals surface area contributed by atoms with Gasteiger partial charge in [-0.2, -0.15) is 0 Å². The van der Waals surface area contributed by atoms with Crippen molar-refractivity contribution in [1.29, 1.82) is 0 Å². The Labute approximate surface area is 116 Å². The fraction of sp³-hybridized carbons (Fsp3) is 0.625. The first kappa shape index (κ1) is 14.4. The molecule has 2 N–H and O–H groups in total. The van der Waals surface area contributed by atoms with Gasteiger partial charge in [0.05, 0.1) is 19.8 Å². The molecule has 106 valence electrons. The summed E-state index contributed by atoms with van der Waals surface area (Å²) in [6.45, 7) is 6.68. The molecule has 0 aromatic heterocycles. The maximum absolute atomic E-state index is 9.65. The van der Waals surface area contributed by atoms with E-state index in [0.717, 1.165) is 11.3 Å². The lowest BCUT2D eigenvalue weighted by Gasteiger charge is -2.24. The largest absolute Gasteiger partial charge is 0.496 e. The van der Waals surface area contributed by atoms with E-state index in [1.54, 1.807) is 7.11 Å². The van der Waals surface area contributed by atoms with E-state index in [1.165, 1.54) is 18.4 Å². The molecule has 1 aromatic carbocycles. The predicted molar refractivity (Wildman–Crippen MR) is 77.7 cm³/mol. The quantitative estimate of drug-likeness (QED) is 0.858. The lowest BCUT2D eigenvalue weighted by atomic mass is 9.85. The summed E-state index contributed by atoms with van der Waals surface area (Å²) < 4.78 is 5.45. The summed E-state index contributed by atoms with van der Waals surface area (Å²) in [5, 5.41) is 13.1. The van der Waals surface area contributed by atoms with Gasteiger partial charge in [-0.1, -0.05) is 26.8 Å². The van der Waals surface area contributed by atoms with E-state index in [0.29, 0.717) is 6.04 Å². The Bertz CT molecular complexity index is 433. The maximum atomic E-state index is 9.65. The highest BCUT2D eigenvalue weighted by atomic mass is 16.5. The molecule has 0 aliphatic heterocycles. The van der Waals surface area contributed by atoms with Crippen LogP contribution in [0.5, 0.6) is 5.75 Å². The SMILES string of the molecule is COc1ccc(C(C)(C)C)cc1C(CO)NC1CC1. The lowest BCUT2D eigenvalue weighted by Crippen LogP contribution is -2.27. The molecule has 0 spiro atoms. The van der Waals surface area contributed by atoms with Crippen molar-refractivity contribution < 1.29 is 9.84 Å². The summed E-state index contributed by atoms with van der Waals surface area (Å²) in [5.41, 5.74) is 2.42. The van der Waals surface area contributed by atoms with E-state index in [-0.39, 0.29) is 18.1 Å². The van der Waals surface area contributed by atoms with Crippen LogP contribution in [0.1, 0.15) is 50.8 Å². The topological polar surface area (TPSA) is 41.5 Å². The number of hydrogen-bond acceptors (Lipinski definition) is 3. The number of aliphatic hydroxyl groups is 1. The Balaban J connectivity index is 2.33. The fourth-order valence-corrected chi connectivity index (χ4v) is 2.25. The van der Waals surface area contributed by atoms with Crippen LogP contribution in [0.4, 0.5) is 0 Å². The normalized spacial score (nSPS) is 17.3. The van der Waals surface area contributed by atoms with Crippen LogP contribution in [-0.2, 0) is 5.41 Å². The first-order valence-electron chi connectivity index (χ1n) is 7.01. The van der Waals surface area contributed by atoms with Crippen LogP contribution in [-0.4, -0.2) is 24.9 Å². The van der Waals surface area contributed by atoms with Crippen molar-refractivity contribution in [2.45, 2.75) is 51.1 Å². The standard InChI is InChI=1S/C16H25NO2/c1-16(2,3)11-5-8-15(19-4)13(9-11)14(10-18)17-12-6-7-12/h5,8-9,12,14,17-18H,6-7,10H2,1-4H3. The number of rotatable bonds is 5. The molecule has 1 atom stereocenters. The second-order valence-corrected chi connectivity index (χ2v) is 6.38. The molecule has 1 aliphatic rings. The predicted octanol–water partition coefficient (Wildman–Crippen LogP) is 2.78. The summed E-state index contributed by atoms with van der Waals surface area (Å²) >= 11 is 0. The van der Waals surface area contributed by atoms with Crippen molar-refractivity contribution >= 4 is 0 Å². The third-order valence-corrected chi connectivity index (χ3v) is 3.67. The van der Waals surface area contributed by atoms with Crippen molar-refractivity contribution in [2.75, 3.05) is 13.7 Å². The molecule has 2 rings (SSSR count). The molecule has 19 heavy (non-hydrogen) atoms. The van der Waals surface area contributed by atoms with Crippen LogP contribution in [0, 0.1) is 0 Å². The fourth-order valence-electron chi connectivity index (χ4n) is 2.25. The summed E-state index contributed by atoms with van der Waals surface area (Å²) in [5.74, 6) is 0.847. The molecule has 0 amide bonds. The average Bonchev–Trinajstić information content (AvgIpc) is 3.18. The lowest BCUT2D eigenvalue weighted by molar-refractivity contribution is 0.240. The number of aliphatic hydroxyl groups excluding tert-OH is 1. The van der Waals surface area contributed by atoms with Crippen LogP contribution < -0.4 is 10.1 Å². The zero-order valence-corrected chi connectivity index (χ0v) is 12.4. The van der Waals surface area contributed by atoms with Crippen LogP contribution in [0.2, 0.25) is 0 Å². The molecule has 1 aromatic rings. The molecule has 1 fully saturated rings. The number of benzene rings is 1. The first-order valence-corrected chi connectivity index (χ1v) is 7.01. The second-order valence-electron chi connectivity index (χ2n) is 6.38. The molecule has 1 unspecified atom stereocenters. The van der Waals surface area contributed by atoms with Gasteiger partial charge in [-0.3, -0.25) is 0 Å². The van der Waals surface area contributed by atoms with Gasteiger partial charge in [-0.05, 0) is 36.0 Å². The Morgan fingerprint density at radius 2 is 2.05 bits per heavy atom. The van der Waals surface area contributed by atoms with Gasteiger partial charge < -0.3 is 15.2 Å². The van der Waals surface area contributed by atoms with Gasteiger partial charge in [0.2, 0.25) is 0 Å². The van der Waals surface area contributed by atoms with Gasteiger partial charge in [0.1, 0.15) is 5.75 Å². The summed E-state index contributed by atoms with van der Waals surface area (Å²) in [6, 6.07) is 6.79. The van der Waals surface area contributed by atoms with Crippen LogP contribution in [0.25, 0.3) is 0 Å². The van der Waals surface area contributed by atoms with Crippen LogP contribution in [0.15, 0.2) is 18.2 Å². The summed E-state index contributed by atoms with van der Waals surface area (Å²) in [4.78, 5) is 0. The van der Waals surface area contributed by atoms with Gasteiger partial charge in [-0.15, -0.1) is 0 Å². The number of ether oxygens (including phenoxy) is 1. The molecular weight excluding hydrogens is 238 g/mol. The zero-order chi connectivity index (χ0) is 14.0. The minimum Gasteiger partial charge on any atom is -0.496 e. The summed E-state index contributed by atoms with van der Waals surface area (Å²) in [7, 11) is 1.68. The minimum absolute atomic E-state index is 0.0373. The molecular formula is C16H25NO2. The average molecular weight is 263 g/mol. The van der Waals surface area contributed by atoms with E-state index >= 15 is 0 Å². The molecule has 1 aliphatic carbocycles. The highest BCUT2D eigenvalue weighted by molar-refractivity contribution is 5.42. The Kier molecular flexibility index (Phi) is 4.16. The van der Waals surface area contributed by atoms with Crippen LogP contribution in [0.3, 0.4) is 0 Å². The number of hydrogen-bond donors (Lipinski definition) is 2. The highest BCUT2D eigenvalue weighted by Gasteiger charge is 2.27. The molecule has 0 radical (unpaired) electrons. The van der Waals surface area contributed by atoms with Crippen molar-refractivity contribution in [3.05, 3.63) is 29.3 Å². The van der Waals surface area contributed by atoms with E-state index in [9.17, 15) is 5.11 Å². The molecule has 3 heteroatoms. The first-order chi connectivity index (χ1) is 8.95. The Morgan fingerprint density at radius 1 is 1.37 bits per heavy atom. The molecule has 3 nitrogen and oxygen atoms in total. The second kappa shape index (κ2) is 5.51. The molecule has 0 bridgehead atoms. The van der Waals surface area contributed by atoms with Crippen molar-refractivity contribution in [3.8, 4) is 5.75 Å². The Hall–Kier alpha value is -1.06. The van der Waals surface area contributed by atoms with Gasteiger partial charge in [0.15, 0.2) is 0 Å². The van der Waals surface area contributed by atoms with Gasteiger partial charge in [-0.25, -0.2) is 0 Å². The zero-order valence-electron chi connectivity index (χ0n) is 12.4. The maximum Gasteiger partial charge on any atom is 0.123 e. The minimum atomic E-state index is -0.0373. The number of methoxy groups -OCH3 is 1. The Morgan fingerprint density at radius 3 is 2.53 bits per heavy atom. The van der Waals surface area contributed by atoms with Gasteiger partial charge in [0, 0.05) is 11.6 Å². The van der Waals surface area contributed by atoms with Gasteiger partial charge >= 0.3 is 0 Å². The van der Waals surface area contributed by atoms with E-state index in [2.05, 4.69) is 38.2 Å². The van der Waals surface area contributed by atoms with Gasteiger partial charge in [0.25, 0.3) is 0 Å². The smallest absolute Gasteiger partial charge is 0.123 e. The molecule has 1 saturated carbocycles. The van der Waals surface area contributed by atoms with E-state index < -0.39 is 0 Å². The highest BCUT2D eigenvalue weighted by Crippen LogP contribution is 2.33. The summed E-state index contributed by atoms with van der Waals surface area (Å²) in [6.07, 6.45) is 2.41. The monoisotopic (exact) mass is 263 g/mol. The third kappa shape index (κ3) is 3.48. The van der Waals surface area contributed by atoms with E-state index in [1.807, 2.05) is 6.07 Å². The van der Waals surface area contributed by atoms with E-state index in [4.69, 9.17) is 4.74 Å². The van der Waals surface area contributed by atoms with Crippen molar-refractivity contribution in [3.63, 3.8) is 0 Å². The van der Waals surface area contributed by atoms with Crippen LogP contribution >= 0.6 is 0 Å².